The molecule has 0 aliphatic heterocycles. The van der Waals surface area contributed by atoms with Gasteiger partial charge in [-0.25, -0.2) is 0 Å². The van der Waals surface area contributed by atoms with Gasteiger partial charge >= 0.3 is 8.80 Å². The molecule has 0 atom stereocenters. The van der Waals surface area contributed by atoms with E-state index in [0.717, 1.165) is 12.8 Å². The van der Waals surface area contributed by atoms with Crippen LogP contribution in [0, 0.1) is 0 Å². The third-order valence-corrected chi connectivity index (χ3v) is 10.7. The normalized spacial score (nSPS) is 12.3. The summed E-state index contributed by atoms with van der Waals surface area (Å²) in [5.74, 6) is 0. The van der Waals surface area contributed by atoms with E-state index in [-0.39, 0.29) is 0 Å². The van der Waals surface area contributed by atoms with Crippen molar-refractivity contribution in [2.45, 2.75) is 194 Å². The molecule has 0 unspecified atom stereocenters. The third kappa shape index (κ3) is 31.1. The Kier molecular flexibility index (Phi) is 35.2. The van der Waals surface area contributed by atoms with Crippen LogP contribution in [0.2, 0.25) is 0 Å². The largest absolute Gasteiger partial charge is 0.528 e. The van der Waals surface area contributed by atoms with E-state index in [0.29, 0.717) is 13.2 Å². The van der Waals surface area contributed by atoms with Crippen LogP contribution in [0.3, 0.4) is 0 Å². The molecule has 0 aliphatic rings. The zero-order chi connectivity index (χ0) is 31.4. The first-order chi connectivity index (χ1) is 21.2. The third-order valence-electron chi connectivity index (χ3n) is 8.45. The number of unbranched alkanes of at least 4 members (excludes halogenated alkanes) is 24. The summed E-state index contributed by atoms with van der Waals surface area (Å²) < 4.78 is 18.0. The SMILES string of the molecule is C=C[Si](OC)(OCCCCCCCC/C=C\CCCCCCCC)OCCCCCCCC/C=C\CCCCCCCC. The molecule has 0 rings (SSSR count). The molecule has 43 heavy (non-hydrogen) atoms. The minimum Gasteiger partial charge on any atom is -0.374 e. The zero-order valence-corrected chi connectivity index (χ0v) is 30.5. The van der Waals surface area contributed by atoms with E-state index >= 15 is 0 Å². The molecule has 0 radical (unpaired) electrons. The lowest BCUT2D eigenvalue weighted by Gasteiger charge is -2.25. The highest BCUT2D eigenvalue weighted by Crippen LogP contribution is 2.15. The second kappa shape index (κ2) is 35.8. The van der Waals surface area contributed by atoms with Gasteiger partial charge in [0, 0.05) is 20.3 Å². The fourth-order valence-corrected chi connectivity index (χ4v) is 7.07. The molecular formula is C39H76O3Si. The van der Waals surface area contributed by atoms with Crippen molar-refractivity contribution in [3.8, 4) is 0 Å². The summed E-state index contributed by atoms with van der Waals surface area (Å²) in [6.45, 7) is 9.96. The summed E-state index contributed by atoms with van der Waals surface area (Å²) in [4.78, 5) is 0. The summed E-state index contributed by atoms with van der Waals surface area (Å²) in [6, 6.07) is 0. The standard InChI is InChI=1S/C39H76O3Si/c1-5-8-10-12-14-16-18-20-22-24-26-28-30-32-34-36-38-41-43(7-3,40-4)42-39-37-35-33-31-29-27-25-23-21-19-17-15-13-11-9-6-2/h7,20-23H,3,5-6,8-19,24-39H2,1-2,4H3/b22-20-,23-21-. The molecule has 3 nitrogen and oxygen atoms in total. The van der Waals surface area contributed by atoms with Gasteiger partial charge in [-0.1, -0.05) is 160 Å². The van der Waals surface area contributed by atoms with Gasteiger partial charge < -0.3 is 13.3 Å². The number of hydrogen-bond acceptors (Lipinski definition) is 3. The predicted molar refractivity (Wildman–Crippen MR) is 194 cm³/mol. The van der Waals surface area contributed by atoms with Crippen LogP contribution in [0.4, 0.5) is 0 Å². The molecule has 0 aliphatic carbocycles. The molecule has 254 valence electrons. The van der Waals surface area contributed by atoms with Gasteiger partial charge in [0.25, 0.3) is 0 Å². The first kappa shape index (κ1) is 42.3. The summed E-state index contributed by atoms with van der Waals surface area (Å²) in [5.41, 5.74) is 1.80. The van der Waals surface area contributed by atoms with Gasteiger partial charge in [-0.05, 0) is 69.9 Å². The van der Waals surface area contributed by atoms with E-state index in [1.807, 2.05) is 0 Å². The Balaban J connectivity index is 3.58. The number of hydrogen-bond donors (Lipinski definition) is 0. The molecule has 0 aromatic rings. The maximum atomic E-state index is 6.14. The molecule has 0 heterocycles. The van der Waals surface area contributed by atoms with Crippen LogP contribution in [-0.4, -0.2) is 29.1 Å². The molecule has 4 heteroatoms. The van der Waals surface area contributed by atoms with Crippen LogP contribution < -0.4 is 0 Å². The van der Waals surface area contributed by atoms with Crippen molar-refractivity contribution in [2.24, 2.45) is 0 Å². The quantitative estimate of drug-likeness (QED) is 0.0396. The monoisotopic (exact) mass is 621 g/mol. The van der Waals surface area contributed by atoms with Crippen molar-refractivity contribution in [3.05, 3.63) is 36.6 Å². The van der Waals surface area contributed by atoms with Crippen molar-refractivity contribution in [2.75, 3.05) is 20.3 Å². The van der Waals surface area contributed by atoms with Gasteiger partial charge in [-0.15, -0.1) is 0 Å². The Morgan fingerprint density at radius 3 is 0.977 bits per heavy atom. The average Bonchev–Trinajstić information content (AvgIpc) is 3.03. The van der Waals surface area contributed by atoms with Gasteiger partial charge in [0.15, 0.2) is 0 Å². The van der Waals surface area contributed by atoms with Crippen LogP contribution in [0.15, 0.2) is 36.6 Å². The van der Waals surface area contributed by atoms with Crippen molar-refractivity contribution in [1.82, 2.24) is 0 Å². The first-order valence-electron chi connectivity index (χ1n) is 19.0. The van der Waals surface area contributed by atoms with E-state index in [4.69, 9.17) is 13.3 Å². The molecular weight excluding hydrogens is 545 g/mol. The molecule has 0 fully saturated rings. The lowest BCUT2D eigenvalue weighted by Crippen LogP contribution is -2.43. The van der Waals surface area contributed by atoms with Gasteiger partial charge in [-0.2, -0.15) is 0 Å². The lowest BCUT2D eigenvalue weighted by atomic mass is 10.1. The second-order valence-corrected chi connectivity index (χ2v) is 15.2. The Morgan fingerprint density at radius 2 is 0.698 bits per heavy atom. The first-order valence-corrected chi connectivity index (χ1v) is 20.8. The summed E-state index contributed by atoms with van der Waals surface area (Å²) >= 11 is 0. The van der Waals surface area contributed by atoms with E-state index < -0.39 is 8.80 Å². The van der Waals surface area contributed by atoms with E-state index in [1.54, 1.807) is 12.8 Å². The highest BCUT2D eigenvalue weighted by molar-refractivity contribution is 6.66. The summed E-state index contributed by atoms with van der Waals surface area (Å²) in [5, 5.41) is 0. The van der Waals surface area contributed by atoms with Crippen LogP contribution in [0.5, 0.6) is 0 Å². The van der Waals surface area contributed by atoms with Crippen molar-refractivity contribution in [3.63, 3.8) is 0 Å². The molecule has 0 amide bonds. The lowest BCUT2D eigenvalue weighted by molar-refractivity contribution is 0.0869. The van der Waals surface area contributed by atoms with E-state index in [1.165, 1.54) is 167 Å². The van der Waals surface area contributed by atoms with Gasteiger partial charge in [-0.3, -0.25) is 0 Å². The van der Waals surface area contributed by atoms with Crippen LogP contribution in [-0.2, 0) is 13.3 Å². The molecule has 0 saturated heterocycles. The van der Waals surface area contributed by atoms with Crippen LogP contribution in [0.1, 0.15) is 194 Å². The molecule has 0 aromatic heterocycles. The topological polar surface area (TPSA) is 27.7 Å². The zero-order valence-electron chi connectivity index (χ0n) is 29.5. The van der Waals surface area contributed by atoms with E-state index in [2.05, 4.69) is 44.7 Å². The molecule has 0 N–H and O–H groups in total. The molecule has 0 spiro atoms. The highest BCUT2D eigenvalue weighted by atomic mass is 28.4. The summed E-state index contributed by atoms with van der Waals surface area (Å²) in [6.07, 6.45) is 46.5. The van der Waals surface area contributed by atoms with Crippen molar-refractivity contribution in [1.29, 1.82) is 0 Å². The Morgan fingerprint density at radius 1 is 0.419 bits per heavy atom. The van der Waals surface area contributed by atoms with Crippen molar-refractivity contribution >= 4 is 8.80 Å². The van der Waals surface area contributed by atoms with Gasteiger partial charge in [0.2, 0.25) is 0 Å². The Labute approximate surface area is 272 Å². The van der Waals surface area contributed by atoms with Gasteiger partial charge in [0.05, 0.1) is 0 Å². The van der Waals surface area contributed by atoms with Crippen LogP contribution >= 0.6 is 0 Å². The molecule has 0 saturated carbocycles. The minimum atomic E-state index is -2.71. The number of rotatable bonds is 36. The fourth-order valence-electron chi connectivity index (χ4n) is 5.49. The van der Waals surface area contributed by atoms with Crippen molar-refractivity contribution < 1.29 is 13.3 Å². The molecule has 0 bridgehead atoms. The Bertz CT molecular complexity index is 559. The molecule has 0 aromatic carbocycles. The minimum absolute atomic E-state index is 0.709. The smallest absolute Gasteiger partial charge is 0.374 e. The predicted octanol–water partition coefficient (Wildman–Crippen LogP) is 13.4. The maximum absolute atomic E-state index is 6.14. The van der Waals surface area contributed by atoms with E-state index in [9.17, 15) is 0 Å². The summed E-state index contributed by atoms with van der Waals surface area (Å²) in [7, 11) is -1.01. The Hall–Kier alpha value is -0.683. The maximum Gasteiger partial charge on any atom is 0.528 e. The van der Waals surface area contributed by atoms with Crippen LogP contribution in [0.25, 0.3) is 0 Å². The highest BCUT2D eigenvalue weighted by Gasteiger charge is 2.36. The number of allylic oxidation sites excluding steroid dienone is 4. The average molecular weight is 621 g/mol. The second-order valence-electron chi connectivity index (χ2n) is 12.6. The fraction of sp³-hybridized carbons (Fsp3) is 0.846. The van der Waals surface area contributed by atoms with Gasteiger partial charge in [0.1, 0.15) is 0 Å².